The molecule has 0 bridgehead atoms. The van der Waals surface area contributed by atoms with Gasteiger partial charge in [-0.3, -0.25) is 14.4 Å². The fourth-order valence-electron chi connectivity index (χ4n) is 3.90. The number of nitrogens with zero attached hydrogens (tertiary/aromatic N) is 3. The highest BCUT2D eigenvalue weighted by atomic mass is 19.4. The van der Waals surface area contributed by atoms with E-state index in [0.717, 1.165) is 36.1 Å². The molecule has 1 unspecified atom stereocenters. The summed E-state index contributed by atoms with van der Waals surface area (Å²) < 4.78 is 70.0. The summed E-state index contributed by atoms with van der Waals surface area (Å²) in [6.45, 7) is 7.70. The number of imidazole rings is 1. The Kier molecular flexibility index (Phi) is 11.9. The summed E-state index contributed by atoms with van der Waals surface area (Å²) in [5.41, 5.74) is -4.75. The van der Waals surface area contributed by atoms with Gasteiger partial charge in [0.2, 0.25) is 0 Å². The van der Waals surface area contributed by atoms with Crippen molar-refractivity contribution in [3.8, 4) is 0 Å². The standard InChI is InChI=1S/C28H38F3N3O10/c1-25(2,3)22(36)41-15-19(43-17-33-13-12-32-24(33)34(38)39)20(16-42-23(37)26(4,5)6)44-21(35)14-18-10-8-9-11-27(18,40-7)28(29,30)31/h8-13,18-20H,14-17H2,1-7H3/t18-,19-,20+,27?/m0/s1. The summed E-state index contributed by atoms with van der Waals surface area (Å²) in [5.74, 6) is -4.62. The van der Waals surface area contributed by atoms with Crippen molar-refractivity contribution in [2.24, 2.45) is 16.7 Å². The maximum Gasteiger partial charge on any atom is 0.436 e. The van der Waals surface area contributed by atoms with Crippen LogP contribution in [0.25, 0.3) is 0 Å². The maximum absolute atomic E-state index is 14.1. The van der Waals surface area contributed by atoms with E-state index in [1.165, 1.54) is 12.3 Å². The van der Waals surface area contributed by atoms with Crippen molar-refractivity contribution < 1.29 is 56.2 Å². The molecule has 246 valence electrons. The number of alkyl halides is 3. The molecule has 0 radical (unpaired) electrons. The fourth-order valence-corrected chi connectivity index (χ4v) is 3.90. The molecular formula is C28H38F3N3O10. The van der Waals surface area contributed by atoms with Crippen LogP contribution in [0.15, 0.2) is 36.7 Å². The SMILES string of the molecule is COC1(C(F)(F)F)C=CC=C[C@H]1CC(=O)O[C@H](COC(=O)C(C)(C)C)[C@H](COC(=O)C(C)(C)C)OCn1ccnc1[N+](=O)[O-]. The Balaban J connectivity index is 2.40. The number of aromatic nitrogens is 2. The zero-order chi connectivity index (χ0) is 33.5. The van der Waals surface area contributed by atoms with E-state index in [1.807, 2.05) is 0 Å². The normalized spacial score (nSPS) is 20.1. The first-order valence-corrected chi connectivity index (χ1v) is 13.5. The molecule has 0 aromatic carbocycles. The molecule has 0 aliphatic heterocycles. The second-order valence-electron chi connectivity index (χ2n) is 12.1. The molecule has 1 aliphatic rings. The van der Waals surface area contributed by atoms with Gasteiger partial charge in [-0.1, -0.05) is 23.2 Å². The van der Waals surface area contributed by atoms with Crippen molar-refractivity contribution in [1.82, 2.24) is 9.55 Å². The van der Waals surface area contributed by atoms with Gasteiger partial charge in [0, 0.05) is 13.0 Å². The smallest absolute Gasteiger partial charge is 0.436 e. The monoisotopic (exact) mass is 633 g/mol. The number of ether oxygens (including phenoxy) is 5. The first-order chi connectivity index (χ1) is 20.2. The topological polar surface area (TPSA) is 158 Å². The maximum atomic E-state index is 14.1. The number of esters is 3. The van der Waals surface area contributed by atoms with E-state index in [2.05, 4.69) is 4.98 Å². The van der Waals surface area contributed by atoms with Crippen LogP contribution in [0.1, 0.15) is 48.0 Å². The molecule has 13 nitrogen and oxygen atoms in total. The molecule has 44 heavy (non-hydrogen) atoms. The van der Waals surface area contributed by atoms with Crippen LogP contribution in [0.4, 0.5) is 19.1 Å². The highest BCUT2D eigenvalue weighted by Gasteiger charge is 2.59. The predicted octanol–water partition coefficient (Wildman–Crippen LogP) is 4.30. The van der Waals surface area contributed by atoms with Crippen LogP contribution in [0, 0.1) is 26.9 Å². The van der Waals surface area contributed by atoms with Gasteiger partial charge in [-0.25, -0.2) is 4.57 Å². The second-order valence-corrected chi connectivity index (χ2v) is 12.1. The zero-order valence-corrected chi connectivity index (χ0v) is 25.6. The summed E-state index contributed by atoms with van der Waals surface area (Å²) in [6, 6.07) is 0. The molecule has 0 spiro atoms. The quantitative estimate of drug-likeness (QED) is 0.132. The third-order valence-corrected chi connectivity index (χ3v) is 6.48. The molecule has 0 N–H and O–H groups in total. The number of allylic oxidation sites excluding steroid dienone is 2. The van der Waals surface area contributed by atoms with Gasteiger partial charge in [0.15, 0.2) is 18.4 Å². The van der Waals surface area contributed by atoms with Crippen molar-refractivity contribution in [1.29, 1.82) is 0 Å². The van der Waals surface area contributed by atoms with Crippen LogP contribution in [0.3, 0.4) is 0 Å². The number of carbonyl (C=O) groups is 3. The van der Waals surface area contributed by atoms with Gasteiger partial charge in [-0.2, -0.15) is 13.2 Å². The van der Waals surface area contributed by atoms with Crippen LogP contribution < -0.4 is 0 Å². The molecule has 4 atom stereocenters. The van der Waals surface area contributed by atoms with Crippen LogP contribution >= 0.6 is 0 Å². The first-order valence-electron chi connectivity index (χ1n) is 13.5. The molecule has 2 rings (SSSR count). The van der Waals surface area contributed by atoms with E-state index in [1.54, 1.807) is 41.5 Å². The summed E-state index contributed by atoms with van der Waals surface area (Å²) in [5, 5.41) is 11.3. The molecule has 1 aromatic rings. The number of nitro groups is 1. The van der Waals surface area contributed by atoms with Crippen LogP contribution in [-0.2, 0) is 44.8 Å². The molecule has 0 saturated heterocycles. The molecule has 16 heteroatoms. The zero-order valence-electron chi connectivity index (χ0n) is 25.6. The molecular weight excluding hydrogens is 595 g/mol. The molecule has 1 aromatic heterocycles. The Labute approximate surface area is 252 Å². The number of carbonyl (C=O) groups excluding carboxylic acids is 3. The second kappa shape index (κ2) is 14.3. The Morgan fingerprint density at radius 2 is 1.59 bits per heavy atom. The number of hydrogen-bond acceptors (Lipinski definition) is 11. The Morgan fingerprint density at radius 3 is 2.09 bits per heavy atom. The lowest BCUT2D eigenvalue weighted by Gasteiger charge is -2.38. The highest BCUT2D eigenvalue weighted by Crippen LogP contribution is 2.44. The van der Waals surface area contributed by atoms with Crippen LogP contribution in [0.2, 0.25) is 0 Å². The Bertz CT molecular complexity index is 1250. The van der Waals surface area contributed by atoms with E-state index in [0.29, 0.717) is 0 Å². The van der Waals surface area contributed by atoms with Gasteiger partial charge in [0.1, 0.15) is 31.7 Å². The minimum atomic E-state index is -4.89. The van der Waals surface area contributed by atoms with Gasteiger partial charge in [0.05, 0.1) is 17.3 Å². The van der Waals surface area contributed by atoms with Gasteiger partial charge in [-0.05, 0) is 52.5 Å². The number of rotatable bonds is 13. The molecule has 1 heterocycles. The lowest BCUT2D eigenvalue weighted by atomic mass is 9.80. The third-order valence-electron chi connectivity index (χ3n) is 6.48. The Morgan fingerprint density at radius 1 is 1.02 bits per heavy atom. The average Bonchev–Trinajstić information content (AvgIpc) is 3.38. The molecule has 0 amide bonds. The van der Waals surface area contributed by atoms with E-state index in [9.17, 15) is 37.7 Å². The van der Waals surface area contributed by atoms with Crippen molar-refractivity contribution in [2.75, 3.05) is 20.3 Å². The van der Waals surface area contributed by atoms with Crippen LogP contribution in [0.5, 0.6) is 0 Å². The Hall–Kier alpha value is -3.79. The van der Waals surface area contributed by atoms with Crippen molar-refractivity contribution in [3.05, 3.63) is 46.8 Å². The van der Waals surface area contributed by atoms with E-state index < -0.39 is 95.9 Å². The van der Waals surface area contributed by atoms with Gasteiger partial charge >= 0.3 is 30.0 Å². The summed E-state index contributed by atoms with van der Waals surface area (Å²) in [7, 11) is 0.868. The van der Waals surface area contributed by atoms with Crippen molar-refractivity contribution in [2.45, 2.75) is 78.7 Å². The minimum absolute atomic E-state index is 0.535. The minimum Gasteiger partial charge on any atom is -0.462 e. The van der Waals surface area contributed by atoms with Gasteiger partial charge in [-0.15, -0.1) is 0 Å². The fraction of sp³-hybridized carbons (Fsp3) is 0.643. The van der Waals surface area contributed by atoms with Crippen molar-refractivity contribution >= 4 is 23.9 Å². The van der Waals surface area contributed by atoms with Crippen molar-refractivity contribution in [3.63, 3.8) is 0 Å². The largest absolute Gasteiger partial charge is 0.462 e. The highest BCUT2D eigenvalue weighted by molar-refractivity contribution is 5.76. The summed E-state index contributed by atoms with van der Waals surface area (Å²) in [6.07, 6.45) is -1.79. The number of hydrogen-bond donors (Lipinski definition) is 0. The number of methoxy groups -OCH3 is 1. The number of halogens is 3. The van der Waals surface area contributed by atoms with Crippen LogP contribution in [-0.4, -0.2) is 76.7 Å². The lowest BCUT2D eigenvalue weighted by Crippen LogP contribution is -2.52. The summed E-state index contributed by atoms with van der Waals surface area (Å²) >= 11 is 0. The molecule has 0 saturated carbocycles. The average molecular weight is 634 g/mol. The first kappa shape index (κ1) is 36.4. The third kappa shape index (κ3) is 9.35. The molecule has 0 fully saturated rings. The van der Waals surface area contributed by atoms with E-state index in [4.69, 9.17) is 23.7 Å². The van der Waals surface area contributed by atoms with E-state index >= 15 is 0 Å². The van der Waals surface area contributed by atoms with Gasteiger partial charge < -0.3 is 33.8 Å². The lowest BCUT2D eigenvalue weighted by molar-refractivity contribution is -0.397. The van der Waals surface area contributed by atoms with Gasteiger partial charge in [0.25, 0.3) is 0 Å². The molecule has 1 aliphatic carbocycles. The van der Waals surface area contributed by atoms with E-state index in [-0.39, 0.29) is 0 Å². The summed E-state index contributed by atoms with van der Waals surface area (Å²) in [4.78, 5) is 52.4. The predicted molar refractivity (Wildman–Crippen MR) is 147 cm³/mol.